The van der Waals surface area contributed by atoms with Gasteiger partial charge in [0.15, 0.2) is 5.16 Å². The Balaban J connectivity index is 2.18. The minimum absolute atomic E-state index is 0.416. The van der Waals surface area contributed by atoms with Crippen molar-refractivity contribution in [3.8, 4) is 0 Å². The van der Waals surface area contributed by atoms with Gasteiger partial charge in [-0.1, -0.05) is 11.6 Å². The molecule has 15 heavy (non-hydrogen) atoms. The van der Waals surface area contributed by atoms with E-state index in [4.69, 9.17) is 11.6 Å². The van der Waals surface area contributed by atoms with Crippen molar-refractivity contribution in [2.75, 3.05) is 0 Å². The van der Waals surface area contributed by atoms with E-state index < -0.39 is 0 Å². The normalized spacial score (nSPS) is 10.3. The van der Waals surface area contributed by atoms with Crippen LogP contribution in [-0.2, 0) is 0 Å². The lowest BCUT2D eigenvalue weighted by molar-refractivity contribution is 0.941. The second-order valence-corrected chi connectivity index (χ2v) is 4.20. The summed E-state index contributed by atoms with van der Waals surface area (Å²) >= 11 is 7.08. The molecular formula is C9H7ClN4S. The molecule has 2 aromatic rings. The minimum Gasteiger partial charge on any atom is -0.231 e. The monoisotopic (exact) mass is 238 g/mol. The molecule has 0 saturated carbocycles. The lowest BCUT2D eigenvalue weighted by Crippen LogP contribution is -1.88. The fourth-order valence-electron chi connectivity index (χ4n) is 0.900. The van der Waals surface area contributed by atoms with E-state index >= 15 is 0 Å². The van der Waals surface area contributed by atoms with Crippen LogP contribution in [0.15, 0.2) is 35.0 Å². The number of aryl methyl sites for hydroxylation is 1. The Morgan fingerprint density at radius 3 is 2.53 bits per heavy atom. The molecule has 4 nitrogen and oxygen atoms in total. The van der Waals surface area contributed by atoms with E-state index in [2.05, 4.69) is 19.9 Å². The highest BCUT2D eigenvalue weighted by molar-refractivity contribution is 7.99. The average Bonchev–Trinajstić information content (AvgIpc) is 2.22. The molecule has 2 heterocycles. The Morgan fingerprint density at radius 2 is 1.87 bits per heavy atom. The number of hydrogen-bond donors (Lipinski definition) is 0. The SMILES string of the molecule is Cc1cnc(Sc2cc(Cl)ncn2)nc1. The van der Waals surface area contributed by atoms with Crippen LogP contribution in [0.5, 0.6) is 0 Å². The number of hydrogen-bond acceptors (Lipinski definition) is 5. The molecule has 0 atom stereocenters. The van der Waals surface area contributed by atoms with Gasteiger partial charge in [-0.2, -0.15) is 0 Å². The predicted octanol–water partition coefficient (Wildman–Crippen LogP) is 2.38. The van der Waals surface area contributed by atoms with Crippen molar-refractivity contribution < 1.29 is 0 Å². The van der Waals surface area contributed by atoms with Crippen LogP contribution in [0.3, 0.4) is 0 Å². The van der Waals surface area contributed by atoms with Crippen molar-refractivity contribution in [1.29, 1.82) is 0 Å². The van der Waals surface area contributed by atoms with Crippen LogP contribution >= 0.6 is 23.4 Å². The van der Waals surface area contributed by atoms with Crippen molar-refractivity contribution in [3.05, 3.63) is 35.5 Å². The Bertz CT molecular complexity index is 460. The van der Waals surface area contributed by atoms with E-state index in [1.807, 2.05) is 6.92 Å². The maximum atomic E-state index is 5.73. The van der Waals surface area contributed by atoms with E-state index in [0.29, 0.717) is 10.3 Å². The van der Waals surface area contributed by atoms with Gasteiger partial charge in [0, 0.05) is 18.5 Å². The quantitative estimate of drug-likeness (QED) is 0.594. The molecule has 0 unspecified atom stereocenters. The summed E-state index contributed by atoms with van der Waals surface area (Å²) < 4.78 is 0. The third-order valence-corrected chi connectivity index (χ3v) is 2.59. The molecule has 0 amide bonds. The maximum absolute atomic E-state index is 5.73. The number of halogens is 1. The van der Waals surface area contributed by atoms with Gasteiger partial charge in [-0.3, -0.25) is 0 Å². The van der Waals surface area contributed by atoms with E-state index in [0.717, 1.165) is 10.6 Å². The molecule has 0 radical (unpaired) electrons. The Hall–Kier alpha value is -1.20. The third kappa shape index (κ3) is 2.87. The Labute approximate surface area is 96.2 Å². The van der Waals surface area contributed by atoms with Gasteiger partial charge in [0.05, 0.1) is 0 Å². The van der Waals surface area contributed by atoms with Gasteiger partial charge < -0.3 is 0 Å². The number of aromatic nitrogens is 4. The molecule has 0 saturated heterocycles. The highest BCUT2D eigenvalue weighted by Crippen LogP contribution is 2.22. The Kier molecular flexibility index (Phi) is 3.13. The fourth-order valence-corrected chi connectivity index (χ4v) is 1.78. The molecule has 6 heteroatoms. The predicted molar refractivity (Wildman–Crippen MR) is 57.9 cm³/mol. The third-order valence-electron chi connectivity index (χ3n) is 1.56. The van der Waals surface area contributed by atoms with Crippen molar-refractivity contribution in [3.63, 3.8) is 0 Å². The second-order valence-electron chi connectivity index (χ2n) is 2.82. The lowest BCUT2D eigenvalue weighted by Gasteiger charge is -1.98. The standard InChI is InChI=1S/C9H7ClN4S/c1-6-3-11-9(12-4-6)15-8-2-7(10)13-5-14-8/h2-5H,1H3. The molecule has 76 valence electrons. The summed E-state index contributed by atoms with van der Waals surface area (Å²) in [7, 11) is 0. The van der Waals surface area contributed by atoms with Crippen molar-refractivity contribution in [1.82, 2.24) is 19.9 Å². The van der Waals surface area contributed by atoms with Gasteiger partial charge in [-0.25, -0.2) is 19.9 Å². The smallest absolute Gasteiger partial charge is 0.193 e. The molecule has 0 N–H and O–H groups in total. The summed E-state index contributed by atoms with van der Waals surface area (Å²) in [5, 5.41) is 1.80. The summed E-state index contributed by atoms with van der Waals surface area (Å²) in [4.78, 5) is 16.1. The van der Waals surface area contributed by atoms with Gasteiger partial charge in [-0.15, -0.1) is 0 Å². The van der Waals surface area contributed by atoms with Crippen molar-refractivity contribution >= 4 is 23.4 Å². The van der Waals surface area contributed by atoms with E-state index in [1.165, 1.54) is 18.1 Å². The molecule has 0 aliphatic rings. The zero-order valence-corrected chi connectivity index (χ0v) is 9.46. The maximum Gasteiger partial charge on any atom is 0.193 e. The highest BCUT2D eigenvalue weighted by Gasteiger charge is 2.02. The van der Waals surface area contributed by atoms with Crippen molar-refractivity contribution in [2.45, 2.75) is 17.1 Å². The van der Waals surface area contributed by atoms with Crippen LogP contribution in [0.25, 0.3) is 0 Å². The Morgan fingerprint density at radius 1 is 1.13 bits per heavy atom. The van der Waals surface area contributed by atoms with Gasteiger partial charge in [-0.05, 0) is 24.2 Å². The molecule has 2 rings (SSSR count). The van der Waals surface area contributed by atoms with Crippen LogP contribution in [0.1, 0.15) is 5.56 Å². The van der Waals surface area contributed by atoms with Gasteiger partial charge in [0.2, 0.25) is 0 Å². The topological polar surface area (TPSA) is 51.6 Å². The first-order valence-corrected chi connectivity index (χ1v) is 5.37. The summed E-state index contributed by atoms with van der Waals surface area (Å²) in [6, 6.07) is 1.68. The van der Waals surface area contributed by atoms with Gasteiger partial charge in [0.1, 0.15) is 16.5 Å². The molecule has 0 aromatic carbocycles. The minimum atomic E-state index is 0.416. The lowest BCUT2D eigenvalue weighted by atomic mass is 10.4. The van der Waals surface area contributed by atoms with Crippen LogP contribution in [-0.4, -0.2) is 19.9 Å². The van der Waals surface area contributed by atoms with Crippen molar-refractivity contribution in [2.24, 2.45) is 0 Å². The first-order chi connectivity index (χ1) is 7.24. The van der Waals surface area contributed by atoms with E-state index in [9.17, 15) is 0 Å². The van der Waals surface area contributed by atoms with Crippen LogP contribution in [0.2, 0.25) is 5.15 Å². The molecule has 0 aliphatic heterocycles. The zero-order valence-electron chi connectivity index (χ0n) is 7.88. The van der Waals surface area contributed by atoms with E-state index in [-0.39, 0.29) is 0 Å². The summed E-state index contributed by atoms with van der Waals surface area (Å²) in [6.45, 7) is 1.94. The molecule has 0 bridgehead atoms. The summed E-state index contributed by atoms with van der Waals surface area (Å²) in [5.74, 6) is 0. The zero-order chi connectivity index (χ0) is 10.7. The molecular weight excluding hydrogens is 232 g/mol. The summed E-state index contributed by atoms with van der Waals surface area (Å²) in [6.07, 6.45) is 4.94. The summed E-state index contributed by atoms with van der Waals surface area (Å²) in [5.41, 5.74) is 1.03. The first kappa shape index (κ1) is 10.3. The largest absolute Gasteiger partial charge is 0.231 e. The average molecular weight is 239 g/mol. The number of nitrogens with zero attached hydrogens (tertiary/aromatic N) is 4. The van der Waals surface area contributed by atoms with Crippen LogP contribution in [0, 0.1) is 6.92 Å². The molecule has 0 spiro atoms. The first-order valence-electron chi connectivity index (χ1n) is 4.18. The molecule has 0 aliphatic carbocycles. The highest BCUT2D eigenvalue weighted by atomic mass is 35.5. The van der Waals surface area contributed by atoms with Crippen LogP contribution < -0.4 is 0 Å². The van der Waals surface area contributed by atoms with Gasteiger partial charge >= 0.3 is 0 Å². The number of rotatable bonds is 2. The fraction of sp³-hybridized carbons (Fsp3) is 0.111. The molecule has 2 aromatic heterocycles. The molecule has 0 fully saturated rings. The van der Waals surface area contributed by atoms with Gasteiger partial charge in [0.25, 0.3) is 0 Å². The van der Waals surface area contributed by atoms with Crippen LogP contribution in [0.4, 0.5) is 0 Å². The second kappa shape index (κ2) is 4.55. The van der Waals surface area contributed by atoms with E-state index in [1.54, 1.807) is 18.5 Å².